The topological polar surface area (TPSA) is 121 Å². The van der Waals surface area contributed by atoms with Crippen LogP contribution in [0.5, 0.6) is 0 Å². The number of sulfonamides is 1. The molecule has 0 amide bonds. The van der Waals surface area contributed by atoms with Gasteiger partial charge in [0.2, 0.25) is 0 Å². The number of nitrogens with two attached hydrogens (primary N) is 1. The third-order valence-electron chi connectivity index (χ3n) is 5.79. The summed E-state index contributed by atoms with van der Waals surface area (Å²) in [6, 6.07) is 23.2. The lowest BCUT2D eigenvalue weighted by Crippen LogP contribution is -2.36. The van der Waals surface area contributed by atoms with Crippen molar-refractivity contribution in [2.24, 2.45) is 20.2 Å². The van der Waals surface area contributed by atoms with Crippen molar-refractivity contribution in [2.75, 3.05) is 12.8 Å². The first-order valence-electron chi connectivity index (χ1n) is 11.4. The van der Waals surface area contributed by atoms with Crippen molar-refractivity contribution in [3.8, 4) is 0 Å². The highest BCUT2D eigenvalue weighted by atomic mass is 35.5. The minimum absolute atomic E-state index is 0.0237. The lowest BCUT2D eigenvalue weighted by atomic mass is 9.86. The molecule has 1 heterocycles. The largest absolute Gasteiger partial charge is 0.392 e. The van der Waals surface area contributed by atoms with Crippen LogP contribution in [0.2, 0.25) is 5.02 Å². The fourth-order valence-electron chi connectivity index (χ4n) is 3.87. The standard InChI is InChI=1S/C26H26ClN5O3S2/c1-36-25(28)29-26(31-37(34,35)22-13-7-18(17-33)8-14-22)32-16-15-23(19-5-3-2-4-6-19)24(30-32)20-9-11-21(27)12-10-20/h2-14,23,33H,15-17H2,1H3,(H2,28,29,31). The van der Waals surface area contributed by atoms with Crippen molar-refractivity contribution in [1.82, 2.24) is 5.01 Å². The molecule has 0 bridgehead atoms. The summed E-state index contributed by atoms with van der Waals surface area (Å²) in [7, 11) is -4.14. The molecule has 8 nitrogen and oxygen atoms in total. The molecule has 0 saturated carbocycles. The number of thioether (sulfide) groups is 1. The van der Waals surface area contributed by atoms with E-state index in [0.717, 1.165) is 16.8 Å². The number of hydrogen-bond acceptors (Lipinski definition) is 5. The number of aliphatic hydroxyl groups excluding tert-OH is 1. The first-order chi connectivity index (χ1) is 17.8. The number of amidine groups is 1. The Morgan fingerprint density at radius 2 is 1.78 bits per heavy atom. The maximum absolute atomic E-state index is 13.2. The number of hydrazone groups is 1. The number of aliphatic hydroxyl groups is 1. The predicted molar refractivity (Wildman–Crippen MR) is 151 cm³/mol. The molecule has 3 aromatic rings. The molecule has 1 atom stereocenters. The molecule has 1 unspecified atom stereocenters. The minimum Gasteiger partial charge on any atom is -0.392 e. The molecule has 0 aliphatic carbocycles. The average molecular weight is 556 g/mol. The van der Waals surface area contributed by atoms with E-state index in [9.17, 15) is 13.5 Å². The number of hydrogen-bond donors (Lipinski definition) is 2. The lowest BCUT2D eigenvalue weighted by molar-refractivity contribution is 0.282. The van der Waals surface area contributed by atoms with Crippen molar-refractivity contribution >= 4 is 50.2 Å². The molecular formula is C26H26ClN5O3S2. The van der Waals surface area contributed by atoms with E-state index in [1.165, 1.54) is 41.0 Å². The SMILES string of the molecule is CS/C(N)=N\C(=N\S(=O)(=O)c1ccc(CO)cc1)N1CCC(c2ccccc2)C(c2ccc(Cl)cc2)=N1. The molecule has 11 heteroatoms. The van der Waals surface area contributed by atoms with Crippen LogP contribution in [-0.2, 0) is 16.6 Å². The van der Waals surface area contributed by atoms with Crippen LogP contribution in [-0.4, -0.2) is 48.2 Å². The van der Waals surface area contributed by atoms with E-state index in [1.807, 2.05) is 42.5 Å². The van der Waals surface area contributed by atoms with E-state index in [1.54, 1.807) is 18.4 Å². The van der Waals surface area contributed by atoms with Crippen molar-refractivity contribution in [1.29, 1.82) is 0 Å². The molecule has 3 N–H and O–H groups in total. The summed E-state index contributed by atoms with van der Waals surface area (Å²) >= 11 is 7.30. The van der Waals surface area contributed by atoms with Crippen molar-refractivity contribution in [2.45, 2.75) is 23.8 Å². The Labute approximate surface area is 225 Å². The molecule has 0 aromatic heterocycles. The Morgan fingerprint density at radius 3 is 2.41 bits per heavy atom. The zero-order valence-electron chi connectivity index (χ0n) is 20.0. The molecule has 0 fully saturated rings. The van der Waals surface area contributed by atoms with Gasteiger partial charge >= 0.3 is 0 Å². The second-order valence-corrected chi connectivity index (χ2v) is 11.1. The summed E-state index contributed by atoms with van der Waals surface area (Å²) in [5.74, 6) is -0.152. The summed E-state index contributed by atoms with van der Waals surface area (Å²) in [5, 5.41) is 16.3. The Morgan fingerprint density at radius 1 is 1.11 bits per heavy atom. The maximum atomic E-state index is 13.2. The van der Waals surface area contributed by atoms with Gasteiger partial charge in [0.1, 0.15) is 0 Å². The molecule has 0 saturated heterocycles. The zero-order chi connectivity index (χ0) is 26.4. The van der Waals surface area contributed by atoms with Gasteiger partial charge in [-0.15, -0.1) is 4.40 Å². The van der Waals surface area contributed by atoms with Crippen molar-refractivity contribution in [3.05, 3.63) is 101 Å². The number of benzene rings is 3. The van der Waals surface area contributed by atoms with Crippen LogP contribution in [0.15, 0.2) is 98.2 Å². The molecule has 3 aromatic carbocycles. The molecule has 4 rings (SSSR count). The quantitative estimate of drug-likeness (QED) is 0.354. The predicted octanol–water partition coefficient (Wildman–Crippen LogP) is 4.45. The van der Waals surface area contributed by atoms with Gasteiger partial charge in [-0.2, -0.15) is 18.5 Å². The van der Waals surface area contributed by atoms with Crippen molar-refractivity contribution < 1.29 is 13.5 Å². The summed E-state index contributed by atoms with van der Waals surface area (Å²) in [6.07, 6.45) is 2.38. The van der Waals surface area contributed by atoms with Gasteiger partial charge < -0.3 is 10.8 Å². The fourth-order valence-corrected chi connectivity index (χ4v) is 5.10. The van der Waals surface area contributed by atoms with Gasteiger partial charge in [0, 0.05) is 17.5 Å². The molecular weight excluding hydrogens is 530 g/mol. The van der Waals surface area contributed by atoms with Gasteiger partial charge in [0.25, 0.3) is 16.0 Å². The van der Waals surface area contributed by atoms with E-state index in [-0.39, 0.29) is 28.5 Å². The van der Waals surface area contributed by atoms with Crippen LogP contribution in [0, 0.1) is 0 Å². The van der Waals surface area contributed by atoms with E-state index >= 15 is 0 Å². The second kappa shape index (κ2) is 11.9. The first kappa shape index (κ1) is 26.9. The van der Waals surface area contributed by atoms with Crippen molar-refractivity contribution in [3.63, 3.8) is 0 Å². The molecule has 1 aliphatic rings. The normalized spacial score (nSPS) is 17.0. The van der Waals surface area contributed by atoms with E-state index in [4.69, 9.17) is 22.4 Å². The lowest BCUT2D eigenvalue weighted by Gasteiger charge is -2.30. The zero-order valence-corrected chi connectivity index (χ0v) is 22.4. The summed E-state index contributed by atoms with van der Waals surface area (Å²) in [5.41, 5.74) is 9.26. The molecule has 37 heavy (non-hydrogen) atoms. The first-order valence-corrected chi connectivity index (χ1v) is 14.4. The van der Waals surface area contributed by atoms with Crippen LogP contribution in [0.25, 0.3) is 0 Å². The highest BCUT2D eigenvalue weighted by Crippen LogP contribution is 2.30. The Kier molecular flexibility index (Phi) is 8.65. The molecule has 1 aliphatic heterocycles. The number of aliphatic imine (C=N–C) groups is 1. The summed E-state index contributed by atoms with van der Waals surface area (Å²) < 4.78 is 30.4. The smallest absolute Gasteiger partial charge is 0.285 e. The Bertz CT molecular complexity index is 1430. The van der Waals surface area contributed by atoms with E-state index < -0.39 is 10.0 Å². The molecule has 0 spiro atoms. The summed E-state index contributed by atoms with van der Waals surface area (Å²) in [4.78, 5) is 4.26. The van der Waals surface area contributed by atoms with Gasteiger partial charge in [-0.25, -0.2) is 5.01 Å². The third kappa shape index (κ3) is 6.58. The number of rotatable bonds is 5. The van der Waals surface area contributed by atoms with Crippen LogP contribution in [0.1, 0.15) is 29.0 Å². The Balaban J connectivity index is 1.81. The fraction of sp³-hybridized carbons (Fsp3) is 0.192. The van der Waals surface area contributed by atoms with E-state index in [0.29, 0.717) is 23.6 Å². The minimum atomic E-state index is -4.14. The Hall–Kier alpha value is -3.18. The maximum Gasteiger partial charge on any atom is 0.285 e. The number of guanidine groups is 1. The second-order valence-electron chi connectivity index (χ2n) is 8.19. The molecule has 192 valence electrons. The number of halogens is 1. The van der Waals surface area contributed by atoms with Crippen LogP contribution in [0.4, 0.5) is 0 Å². The van der Waals surface area contributed by atoms with Gasteiger partial charge in [-0.05, 0) is 53.6 Å². The third-order valence-corrected chi connectivity index (χ3v) is 7.82. The molecule has 0 radical (unpaired) electrons. The van der Waals surface area contributed by atoms with Gasteiger partial charge in [0.05, 0.1) is 17.2 Å². The van der Waals surface area contributed by atoms with Gasteiger partial charge in [-0.3, -0.25) is 0 Å². The van der Waals surface area contributed by atoms with E-state index in [2.05, 4.69) is 9.39 Å². The van der Waals surface area contributed by atoms with Gasteiger partial charge in [0.15, 0.2) is 5.17 Å². The highest BCUT2D eigenvalue weighted by Gasteiger charge is 2.29. The average Bonchev–Trinajstić information content (AvgIpc) is 2.93. The van der Waals surface area contributed by atoms with Crippen LogP contribution in [0.3, 0.4) is 0 Å². The van der Waals surface area contributed by atoms with Crippen LogP contribution < -0.4 is 5.73 Å². The number of nitrogens with zero attached hydrogens (tertiary/aromatic N) is 4. The monoisotopic (exact) mass is 555 g/mol. The highest BCUT2D eigenvalue weighted by molar-refractivity contribution is 8.13. The van der Waals surface area contributed by atoms with Crippen LogP contribution >= 0.6 is 23.4 Å². The summed E-state index contributed by atoms with van der Waals surface area (Å²) in [6.45, 7) is 0.182. The van der Waals surface area contributed by atoms with Gasteiger partial charge in [-0.1, -0.05) is 78.0 Å².